The first-order valence-electron chi connectivity index (χ1n) is 9.02. The van der Waals surface area contributed by atoms with Gasteiger partial charge in [-0.1, -0.05) is 39.8 Å². The van der Waals surface area contributed by atoms with Gasteiger partial charge in [-0.3, -0.25) is 0 Å². The number of hydrogen-bond acceptors (Lipinski definition) is 1. The van der Waals surface area contributed by atoms with E-state index in [0.29, 0.717) is 0 Å². The Labute approximate surface area is 147 Å². The number of nitrogens with one attached hydrogen (secondary N) is 1. The van der Waals surface area contributed by atoms with Crippen molar-refractivity contribution >= 4 is 11.0 Å². The van der Waals surface area contributed by atoms with E-state index in [9.17, 15) is 0 Å². The summed E-state index contributed by atoms with van der Waals surface area (Å²) in [6, 6.07) is 8.19. The third-order valence-corrected chi connectivity index (χ3v) is 4.63. The Morgan fingerprint density at radius 1 is 0.667 bits per heavy atom. The van der Waals surface area contributed by atoms with Crippen molar-refractivity contribution in [2.24, 2.45) is 0 Å². The number of H-pyrrole nitrogens is 1. The van der Waals surface area contributed by atoms with E-state index < -0.39 is 0 Å². The second kappa shape index (κ2) is 8.68. The molecule has 0 fully saturated rings. The summed E-state index contributed by atoms with van der Waals surface area (Å²) >= 11 is 0. The van der Waals surface area contributed by atoms with Crippen LogP contribution in [-0.2, 0) is 0 Å². The van der Waals surface area contributed by atoms with Crippen LogP contribution in [0.25, 0.3) is 22.4 Å². The number of hydrogen-bond donors (Lipinski definition) is 1. The van der Waals surface area contributed by atoms with Crippen molar-refractivity contribution in [3.63, 3.8) is 0 Å². The second-order valence-electron chi connectivity index (χ2n) is 5.60. The average molecular weight is 325 g/mol. The molecule has 2 nitrogen and oxygen atoms in total. The van der Waals surface area contributed by atoms with Gasteiger partial charge in [0, 0.05) is 5.56 Å². The molecule has 24 heavy (non-hydrogen) atoms. The molecule has 3 rings (SSSR count). The Morgan fingerprint density at radius 3 is 1.62 bits per heavy atom. The first-order chi connectivity index (χ1) is 11.5. The highest BCUT2D eigenvalue weighted by Gasteiger charge is 2.16. The van der Waals surface area contributed by atoms with E-state index in [0.717, 1.165) is 16.9 Å². The van der Waals surface area contributed by atoms with Crippen molar-refractivity contribution in [2.75, 3.05) is 0 Å². The molecule has 0 aliphatic heterocycles. The van der Waals surface area contributed by atoms with Crippen LogP contribution >= 0.6 is 0 Å². The minimum absolute atomic E-state index is 0.979. The molecule has 3 aromatic rings. The number of aromatic amines is 1. The van der Waals surface area contributed by atoms with Gasteiger partial charge >= 0.3 is 0 Å². The Kier molecular flexibility index (Phi) is 7.21. The van der Waals surface area contributed by atoms with Crippen LogP contribution in [0.15, 0.2) is 24.3 Å². The SMILES string of the molecule is CC.CC.Cc1c(C)c(C)c(-c2nc3ccccc3[nH]2)c(C)c1C. The predicted octanol–water partition coefficient (Wildman–Crippen LogP) is 6.82. The Balaban J connectivity index is 0.000000671. The van der Waals surface area contributed by atoms with Gasteiger partial charge < -0.3 is 4.98 Å². The van der Waals surface area contributed by atoms with Crippen LogP contribution in [0, 0.1) is 34.6 Å². The summed E-state index contributed by atoms with van der Waals surface area (Å²) in [7, 11) is 0. The molecule has 1 heterocycles. The van der Waals surface area contributed by atoms with Gasteiger partial charge in [-0.2, -0.15) is 0 Å². The van der Waals surface area contributed by atoms with Crippen molar-refractivity contribution in [1.29, 1.82) is 0 Å². The van der Waals surface area contributed by atoms with Gasteiger partial charge in [0.05, 0.1) is 11.0 Å². The summed E-state index contributed by atoms with van der Waals surface area (Å²) in [5.74, 6) is 0.979. The second-order valence-corrected chi connectivity index (χ2v) is 5.60. The first kappa shape index (κ1) is 20.0. The van der Waals surface area contributed by atoms with Crippen LogP contribution in [0.4, 0.5) is 0 Å². The number of imidazole rings is 1. The van der Waals surface area contributed by atoms with E-state index >= 15 is 0 Å². The molecule has 0 amide bonds. The topological polar surface area (TPSA) is 28.7 Å². The van der Waals surface area contributed by atoms with Crippen LogP contribution in [0.5, 0.6) is 0 Å². The summed E-state index contributed by atoms with van der Waals surface area (Å²) in [5.41, 5.74) is 10.1. The molecule has 0 radical (unpaired) electrons. The molecule has 2 aromatic carbocycles. The van der Waals surface area contributed by atoms with E-state index in [4.69, 9.17) is 4.98 Å². The zero-order valence-corrected chi connectivity index (χ0v) is 16.8. The quantitative estimate of drug-likeness (QED) is 0.522. The summed E-state index contributed by atoms with van der Waals surface area (Å²) < 4.78 is 0. The number of fused-ring (bicyclic) bond motifs is 1. The fraction of sp³-hybridized carbons (Fsp3) is 0.409. The summed E-state index contributed by atoms with van der Waals surface area (Å²) in [6.45, 7) is 19.0. The molecule has 0 spiro atoms. The van der Waals surface area contributed by atoms with Crippen molar-refractivity contribution in [3.8, 4) is 11.4 Å². The maximum atomic E-state index is 4.76. The third-order valence-electron chi connectivity index (χ3n) is 4.63. The molecule has 0 aliphatic carbocycles. The number of para-hydroxylation sites is 2. The van der Waals surface area contributed by atoms with Gasteiger partial charge in [0.25, 0.3) is 0 Å². The molecule has 0 saturated carbocycles. The van der Waals surface area contributed by atoms with Gasteiger partial charge in [0.15, 0.2) is 0 Å². The summed E-state index contributed by atoms with van der Waals surface area (Å²) in [4.78, 5) is 8.22. The maximum Gasteiger partial charge on any atom is 0.139 e. The minimum atomic E-state index is 0.979. The van der Waals surface area contributed by atoms with Gasteiger partial charge in [-0.05, 0) is 74.6 Å². The van der Waals surface area contributed by atoms with Gasteiger partial charge in [0.2, 0.25) is 0 Å². The fourth-order valence-corrected chi connectivity index (χ4v) is 2.93. The molecule has 0 saturated heterocycles. The Morgan fingerprint density at radius 2 is 1.12 bits per heavy atom. The van der Waals surface area contributed by atoms with Crippen molar-refractivity contribution in [3.05, 3.63) is 52.1 Å². The largest absolute Gasteiger partial charge is 0.338 e. The highest BCUT2D eigenvalue weighted by molar-refractivity contribution is 5.81. The third kappa shape index (κ3) is 3.53. The molecule has 1 aromatic heterocycles. The summed E-state index contributed by atoms with van der Waals surface area (Å²) in [5, 5.41) is 0. The van der Waals surface area contributed by atoms with Crippen LogP contribution in [0.2, 0.25) is 0 Å². The molecule has 0 aliphatic rings. The fourth-order valence-electron chi connectivity index (χ4n) is 2.93. The highest BCUT2D eigenvalue weighted by Crippen LogP contribution is 2.33. The monoisotopic (exact) mass is 324 g/mol. The number of benzene rings is 2. The standard InChI is InChI=1S/C18H20N2.2C2H6/c1-10-11(2)13(4)17(14(5)12(10)3)18-19-15-8-6-7-9-16(15)20-18;2*1-2/h6-9H,1-5H3,(H,19,20);2*1-2H3. The van der Waals surface area contributed by atoms with Crippen molar-refractivity contribution < 1.29 is 0 Å². The van der Waals surface area contributed by atoms with Crippen molar-refractivity contribution in [2.45, 2.75) is 62.3 Å². The Hall–Kier alpha value is -2.09. The van der Waals surface area contributed by atoms with E-state index in [2.05, 4.69) is 45.7 Å². The molecule has 1 N–H and O–H groups in total. The lowest BCUT2D eigenvalue weighted by molar-refractivity contribution is 1.16. The van der Waals surface area contributed by atoms with Crippen LogP contribution in [0.1, 0.15) is 55.5 Å². The molecule has 0 atom stereocenters. The lowest BCUT2D eigenvalue weighted by atomic mass is 9.89. The molecule has 130 valence electrons. The average Bonchev–Trinajstić information content (AvgIpc) is 3.05. The molecular weight excluding hydrogens is 292 g/mol. The van der Waals surface area contributed by atoms with Crippen LogP contribution in [0.3, 0.4) is 0 Å². The Bertz CT molecular complexity index is 748. The minimum Gasteiger partial charge on any atom is -0.338 e. The van der Waals surface area contributed by atoms with Gasteiger partial charge in [-0.25, -0.2) is 4.98 Å². The normalized spacial score (nSPS) is 9.88. The lowest BCUT2D eigenvalue weighted by Gasteiger charge is -2.17. The zero-order chi connectivity index (χ0) is 18.4. The number of rotatable bonds is 1. The first-order valence-corrected chi connectivity index (χ1v) is 9.02. The van der Waals surface area contributed by atoms with Crippen LogP contribution in [-0.4, -0.2) is 9.97 Å². The maximum absolute atomic E-state index is 4.76. The van der Waals surface area contributed by atoms with Gasteiger partial charge in [0.1, 0.15) is 5.82 Å². The van der Waals surface area contributed by atoms with E-state index in [1.54, 1.807) is 0 Å². The number of aromatic nitrogens is 2. The molecule has 0 bridgehead atoms. The number of nitrogens with zero attached hydrogens (tertiary/aromatic N) is 1. The lowest BCUT2D eigenvalue weighted by Crippen LogP contribution is -2.00. The highest BCUT2D eigenvalue weighted by atomic mass is 14.9. The van der Waals surface area contributed by atoms with Crippen molar-refractivity contribution in [1.82, 2.24) is 9.97 Å². The predicted molar refractivity (Wildman–Crippen MR) is 108 cm³/mol. The zero-order valence-electron chi connectivity index (χ0n) is 16.8. The van der Waals surface area contributed by atoms with E-state index in [1.165, 1.54) is 33.4 Å². The summed E-state index contributed by atoms with van der Waals surface area (Å²) in [6.07, 6.45) is 0. The van der Waals surface area contributed by atoms with Crippen LogP contribution < -0.4 is 0 Å². The molecule has 0 unspecified atom stereocenters. The molecule has 2 heteroatoms. The molecular formula is C22H32N2. The smallest absolute Gasteiger partial charge is 0.139 e. The van der Waals surface area contributed by atoms with E-state index in [1.807, 2.05) is 45.9 Å². The van der Waals surface area contributed by atoms with Gasteiger partial charge in [-0.15, -0.1) is 0 Å². The van der Waals surface area contributed by atoms with E-state index in [-0.39, 0.29) is 0 Å².